The molecule has 9 heteroatoms. The summed E-state index contributed by atoms with van der Waals surface area (Å²) in [4.78, 5) is 9.66. The molecule has 1 aliphatic rings. The van der Waals surface area contributed by atoms with Crippen molar-refractivity contribution in [2.75, 3.05) is 37.7 Å². The van der Waals surface area contributed by atoms with Crippen molar-refractivity contribution in [1.29, 1.82) is 0 Å². The van der Waals surface area contributed by atoms with E-state index in [1.807, 2.05) is 25.1 Å². The predicted octanol–water partition coefficient (Wildman–Crippen LogP) is 2.47. The summed E-state index contributed by atoms with van der Waals surface area (Å²) >= 11 is 0. The van der Waals surface area contributed by atoms with Crippen molar-refractivity contribution in [3.8, 4) is 17.1 Å². The number of nitrogens with one attached hydrogen (secondary N) is 1. The van der Waals surface area contributed by atoms with Gasteiger partial charge in [0.05, 0.1) is 29.9 Å². The lowest BCUT2D eigenvalue weighted by Gasteiger charge is -2.36. The zero-order valence-corrected chi connectivity index (χ0v) is 17.8. The highest BCUT2D eigenvalue weighted by atomic mass is 16.5. The van der Waals surface area contributed by atoms with Crippen molar-refractivity contribution < 1.29 is 4.74 Å². The third kappa shape index (κ3) is 3.84. The van der Waals surface area contributed by atoms with Crippen LogP contribution in [0.3, 0.4) is 0 Å². The van der Waals surface area contributed by atoms with Crippen molar-refractivity contribution in [1.82, 2.24) is 35.1 Å². The number of H-pyrrole nitrogens is 1. The van der Waals surface area contributed by atoms with E-state index in [0.29, 0.717) is 12.4 Å². The minimum absolute atomic E-state index is 0.597. The number of benzene rings is 2. The number of tetrazole rings is 1. The molecule has 160 valence electrons. The van der Waals surface area contributed by atoms with Crippen molar-refractivity contribution >= 4 is 16.7 Å². The number of fused-ring (bicyclic) bond motifs is 1. The molecule has 0 aliphatic carbocycles. The van der Waals surface area contributed by atoms with Gasteiger partial charge < -0.3 is 14.2 Å². The SMILES string of the molecule is CCOc1ccc(-c2nn[nH]n2)c(N2CCN(Cc3nc4ccccc4n3C)CC2)c1. The Morgan fingerprint density at radius 1 is 1.06 bits per heavy atom. The molecule has 2 aromatic carbocycles. The predicted molar refractivity (Wildman–Crippen MR) is 119 cm³/mol. The van der Waals surface area contributed by atoms with E-state index in [4.69, 9.17) is 9.72 Å². The maximum absolute atomic E-state index is 5.74. The summed E-state index contributed by atoms with van der Waals surface area (Å²) in [6, 6.07) is 14.3. The van der Waals surface area contributed by atoms with Crippen LogP contribution in [0.15, 0.2) is 42.5 Å². The molecule has 0 radical (unpaired) electrons. The van der Waals surface area contributed by atoms with Crippen LogP contribution in [0.4, 0.5) is 5.69 Å². The Hall–Kier alpha value is -3.46. The number of ether oxygens (including phenoxy) is 1. The minimum atomic E-state index is 0.597. The smallest absolute Gasteiger partial charge is 0.206 e. The second kappa shape index (κ2) is 8.35. The van der Waals surface area contributed by atoms with Gasteiger partial charge in [-0.15, -0.1) is 10.2 Å². The number of imidazole rings is 1. The molecule has 0 spiro atoms. The number of hydrogen-bond donors (Lipinski definition) is 1. The number of aromatic amines is 1. The summed E-state index contributed by atoms with van der Waals surface area (Å²) in [7, 11) is 2.09. The standard InChI is InChI=1S/C22H26N8O/c1-3-31-16-8-9-17(22-24-26-27-25-22)20(14-16)30-12-10-29(11-13-30)15-21-23-18-6-4-5-7-19(18)28(21)2/h4-9,14H,3,10-13,15H2,1-2H3,(H,24,25,26,27). The molecule has 0 saturated carbocycles. The van der Waals surface area contributed by atoms with Crippen molar-refractivity contribution in [2.24, 2.45) is 7.05 Å². The third-order valence-corrected chi connectivity index (χ3v) is 5.82. The number of nitrogens with zero attached hydrogens (tertiary/aromatic N) is 7. The first-order chi connectivity index (χ1) is 15.2. The fraction of sp³-hybridized carbons (Fsp3) is 0.364. The summed E-state index contributed by atoms with van der Waals surface area (Å²) < 4.78 is 7.94. The van der Waals surface area contributed by atoms with Crippen molar-refractivity contribution in [3.05, 3.63) is 48.3 Å². The zero-order valence-electron chi connectivity index (χ0n) is 17.8. The summed E-state index contributed by atoms with van der Waals surface area (Å²) in [6.45, 7) is 7.19. The Bertz CT molecular complexity index is 1160. The molecule has 3 heterocycles. The van der Waals surface area contributed by atoms with Gasteiger partial charge in [-0.3, -0.25) is 4.90 Å². The molecule has 0 amide bonds. The molecule has 5 rings (SSSR count). The van der Waals surface area contributed by atoms with Gasteiger partial charge in [0.25, 0.3) is 0 Å². The molecule has 0 atom stereocenters. The van der Waals surface area contributed by atoms with Crippen molar-refractivity contribution in [2.45, 2.75) is 13.5 Å². The Kier molecular flexibility index (Phi) is 5.25. The van der Waals surface area contributed by atoms with E-state index in [1.165, 1.54) is 5.52 Å². The Morgan fingerprint density at radius 3 is 2.65 bits per heavy atom. The molecule has 0 unspecified atom stereocenters. The van der Waals surface area contributed by atoms with Crippen LogP contribution in [0.5, 0.6) is 5.75 Å². The maximum atomic E-state index is 5.74. The van der Waals surface area contributed by atoms with Crippen LogP contribution < -0.4 is 9.64 Å². The van der Waals surface area contributed by atoms with Gasteiger partial charge in [0.15, 0.2) is 0 Å². The molecule has 2 aromatic heterocycles. The van der Waals surface area contributed by atoms with E-state index in [-0.39, 0.29) is 0 Å². The van der Waals surface area contributed by atoms with Crippen LogP contribution in [0.25, 0.3) is 22.4 Å². The third-order valence-electron chi connectivity index (χ3n) is 5.82. The van der Waals surface area contributed by atoms with Gasteiger partial charge in [-0.25, -0.2) is 4.98 Å². The van der Waals surface area contributed by atoms with E-state index in [9.17, 15) is 0 Å². The van der Waals surface area contributed by atoms with Crippen LogP contribution >= 0.6 is 0 Å². The lowest BCUT2D eigenvalue weighted by molar-refractivity contribution is 0.242. The summed E-state index contributed by atoms with van der Waals surface area (Å²) in [5.41, 5.74) is 4.26. The topological polar surface area (TPSA) is 88.0 Å². The molecule has 1 N–H and O–H groups in total. The fourth-order valence-electron chi connectivity index (χ4n) is 4.18. The average molecular weight is 419 g/mol. The van der Waals surface area contributed by atoms with E-state index in [1.54, 1.807) is 0 Å². The highest BCUT2D eigenvalue weighted by Gasteiger charge is 2.23. The zero-order chi connectivity index (χ0) is 21.2. The number of anilines is 1. The summed E-state index contributed by atoms with van der Waals surface area (Å²) in [5.74, 6) is 2.55. The minimum Gasteiger partial charge on any atom is -0.494 e. The number of piperazine rings is 1. The molecule has 1 aliphatic heterocycles. The molecular weight excluding hydrogens is 392 g/mol. The monoisotopic (exact) mass is 418 g/mol. The Labute approximate surface area is 180 Å². The quantitative estimate of drug-likeness (QED) is 0.515. The second-order valence-electron chi connectivity index (χ2n) is 7.69. The van der Waals surface area contributed by atoms with E-state index in [2.05, 4.69) is 66.3 Å². The van der Waals surface area contributed by atoms with Crippen LogP contribution in [0.1, 0.15) is 12.7 Å². The first kappa shape index (κ1) is 19.5. The first-order valence-corrected chi connectivity index (χ1v) is 10.6. The van der Waals surface area contributed by atoms with Gasteiger partial charge in [-0.1, -0.05) is 12.1 Å². The molecule has 4 aromatic rings. The highest BCUT2D eigenvalue weighted by Crippen LogP contribution is 2.33. The normalized spacial score (nSPS) is 15.0. The van der Waals surface area contributed by atoms with Crippen molar-refractivity contribution in [3.63, 3.8) is 0 Å². The number of para-hydroxylation sites is 2. The largest absolute Gasteiger partial charge is 0.494 e. The molecule has 31 heavy (non-hydrogen) atoms. The molecule has 9 nitrogen and oxygen atoms in total. The van der Waals surface area contributed by atoms with Crippen LogP contribution in [0, 0.1) is 0 Å². The Balaban J connectivity index is 1.33. The summed E-state index contributed by atoms with van der Waals surface area (Å²) in [6.07, 6.45) is 0. The van der Waals surface area contributed by atoms with Gasteiger partial charge in [0, 0.05) is 44.9 Å². The van der Waals surface area contributed by atoms with E-state index >= 15 is 0 Å². The molecular formula is C22H26N8O. The van der Waals surface area contributed by atoms with Gasteiger partial charge in [-0.2, -0.15) is 5.21 Å². The lowest BCUT2D eigenvalue weighted by Crippen LogP contribution is -2.46. The maximum Gasteiger partial charge on any atom is 0.206 e. The van der Waals surface area contributed by atoms with Gasteiger partial charge in [0.1, 0.15) is 11.6 Å². The molecule has 0 bridgehead atoms. The molecule has 1 fully saturated rings. The van der Waals surface area contributed by atoms with Gasteiger partial charge in [0.2, 0.25) is 5.82 Å². The lowest BCUT2D eigenvalue weighted by atomic mass is 10.1. The van der Waals surface area contributed by atoms with E-state index in [0.717, 1.165) is 61.1 Å². The molecule has 1 saturated heterocycles. The van der Waals surface area contributed by atoms with Gasteiger partial charge >= 0.3 is 0 Å². The highest BCUT2D eigenvalue weighted by molar-refractivity contribution is 5.76. The van der Waals surface area contributed by atoms with Gasteiger partial charge in [-0.05, 0) is 36.4 Å². The number of hydrogen-bond acceptors (Lipinski definition) is 7. The fourth-order valence-corrected chi connectivity index (χ4v) is 4.18. The van der Waals surface area contributed by atoms with Crippen LogP contribution in [-0.2, 0) is 13.6 Å². The second-order valence-corrected chi connectivity index (χ2v) is 7.69. The van der Waals surface area contributed by atoms with Crippen LogP contribution in [0.2, 0.25) is 0 Å². The van der Waals surface area contributed by atoms with Crippen LogP contribution in [-0.4, -0.2) is 67.9 Å². The van der Waals surface area contributed by atoms with E-state index < -0.39 is 0 Å². The number of aryl methyl sites for hydroxylation is 1. The Morgan fingerprint density at radius 2 is 1.90 bits per heavy atom. The summed E-state index contributed by atoms with van der Waals surface area (Å²) in [5, 5.41) is 14.6. The first-order valence-electron chi connectivity index (χ1n) is 10.6. The number of aromatic nitrogens is 6. The average Bonchev–Trinajstić information content (AvgIpc) is 3.44. The number of rotatable bonds is 6.